The van der Waals surface area contributed by atoms with E-state index >= 15 is 0 Å². The predicted octanol–water partition coefficient (Wildman–Crippen LogP) is 3.18. The van der Waals surface area contributed by atoms with Crippen LogP contribution in [0.5, 0.6) is 0 Å². The van der Waals surface area contributed by atoms with E-state index in [1.807, 2.05) is 12.1 Å². The van der Waals surface area contributed by atoms with Crippen LogP contribution in [-0.4, -0.2) is 4.98 Å². The molecule has 0 saturated heterocycles. The number of pyridine rings is 1. The zero-order chi connectivity index (χ0) is 9.10. The topological polar surface area (TPSA) is 12.9 Å². The van der Waals surface area contributed by atoms with Gasteiger partial charge in [0.25, 0.3) is 0 Å². The average molecular weight is 235 g/mol. The second-order valence-electron chi connectivity index (χ2n) is 3.25. The monoisotopic (exact) mass is 234 g/mol. The minimum Gasteiger partial charge on any atom is -0.253 e. The Labute approximate surface area is 95.0 Å². The standard InChI is InChI=1S/C12H13N.Cu/c1-2-5-11-9-8-10-6-3-4-7-12(10)13-11;/h3-4,6-9H,2,5H2,1H3;. The van der Waals surface area contributed by atoms with Gasteiger partial charge in [-0.3, -0.25) is 4.98 Å². The first-order valence-electron chi connectivity index (χ1n) is 4.75. The number of hydrogen-bond donors (Lipinski definition) is 0. The number of para-hydroxylation sites is 1. The molecule has 0 bridgehead atoms. The maximum absolute atomic E-state index is 4.56. The molecule has 2 aromatic rings. The van der Waals surface area contributed by atoms with Crippen molar-refractivity contribution in [2.45, 2.75) is 19.8 Å². The van der Waals surface area contributed by atoms with Crippen LogP contribution >= 0.6 is 0 Å². The molecule has 0 aliphatic carbocycles. The van der Waals surface area contributed by atoms with Gasteiger partial charge in [0.15, 0.2) is 0 Å². The Balaban J connectivity index is 0.000000980. The smallest absolute Gasteiger partial charge is 0.0705 e. The summed E-state index contributed by atoms with van der Waals surface area (Å²) in [7, 11) is 0. The molecule has 0 atom stereocenters. The van der Waals surface area contributed by atoms with Crippen LogP contribution in [0.15, 0.2) is 36.4 Å². The Kier molecular flexibility index (Phi) is 4.12. The summed E-state index contributed by atoms with van der Waals surface area (Å²) in [5.41, 5.74) is 2.30. The molecule has 1 nitrogen and oxygen atoms in total. The fourth-order valence-corrected chi connectivity index (χ4v) is 1.50. The third-order valence-electron chi connectivity index (χ3n) is 2.16. The van der Waals surface area contributed by atoms with E-state index in [4.69, 9.17) is 0 Å². The first kappa shape index (κ1) is 11.2. The normalized spacial score (nSPS) is 9.79. The molecule has 1 radical (unpaired) electrons. The Morgan fingerprint density at radius 2 is 1.86 bits per heavy atom. The third kappa shape index (κ3) is 2.34. The van der Waals surface area contributed by atoms with Crippen LogP contribution in [0, 0.1) is 0 Å². The summed E-state index contributed by atoms with van der Waals surface area (Å²) in [5, 5.41) is 1.22. The summed E-state index contributed by atoms with van der Waals surface area (Å²) in [5.74, 6) is 0. The zero-order valence-corrected chi connectivity index (χ0v) is 9.07. The molecular formula is C12H13CuN. The molecule has 2 heteroatoms. The van der Waals surface area contributed by atoms with E-state index in [1.54, 1.807) is 0 Å². The van der Waals surface area contributed by atoms with Gasteiger partial charge in [-0.1, -0.05) is 37.6 Å². The number of aromatic nitrogens is 1. The van der Waals surface area contributed by atoms with Crippen molar-refractivity contribution in [2.75, 3.05) is 0 Å². The minimum atomic E-state index is 0. The number of aryl methyl sites for hydroxylation is 1. The van der Waals surface area contributed by atoms with Gasteiger partial charge in [0.2, 0.25) is 0 Å². The van der Waals surface area contributed by atoms with Crippen LogP contribution in [0.25, 0.3) is 10.9 Å². The Morgan fingerprint density at radius 1 is 1.07 bits per heavy atom. The average Bonchev–Trinajstić information content (AvgIpc) is 2.18. The van der Waals surface area contributed by atoms with Gasteiger partial charge in [0.1, 0.15) is 0 Å². The van der Waals surface area contributed by atoms with E-state index in [1.165, 1.54) is 11.1 Å². The quantitative estimate of drug-likeness (QED) is 0.728. The molecule has 2 rings (SSSR count). The maximum atomic E-state index is 4.56. The van der Waals surface area contributed by atoms with Crippen molar-refractivity contribution in [3.05, 3.63) is 42.1 Å². The molecule has 14 heavy (non-hydrogen) atoms. The number of nitrogens with zero attached hydrogens (tertiary/aromatic N) is 1. The predicted molar refractivity (Wildman–Crippen MR) is 55.7 cm³/mol. The molecule has 1 aromatic heterocycles. The number of fused-ring (bicyclic) bond motifs is 1. The van der Waals surface area contributed by atoms with E-state index in [2.05, 4.69) is 36.2 Å². The summed E-state index contributed by atoms with van der Waals surface area (Å²) in [6.07, 6.45) is 2.23. The summed E-state index contributed by atoms with van der Waals surface area (Å²) in [6.45, 7) is 2.18. The zero-order valence-electron chi connectivity index (χ0n) is 8.13. The van der Waals surface area contributed by atoms with Crippen molar-refractivity contribution in [2.24, 2.45) is 0 Å². The van der Waals surface area contributed by atoms with Gasteiger partial charge in [-0.25, -0.2) is 0 Å². The fraction of sp³-hybridized carbons (Fsp3) is 0.250. The van der Waals surface area contributed by atoms with Gasteiger partial charge in [0.05, 0.1) is 5.52 Å². The molecule has 0 fully saturated rings. The van der Waals surface area contributed by atoms with E-state index in [-0.39, 0.29) is 17.1 Å². The van der Waals surface area contributed by atoms with Gasteiger partial charge in [-0.05, 0) is 18.6 Å². The van der Waals surface area contributed by atoms with Crippen molar-refractivity contribution >= 4 is 10.9 Å². The molecule has 77 valence electrons. The van der Waals surface area contributed by atoms with Gasteiger partial charge >= 0.3 is 0 Å². The minimum absolute atomic E-state index is 0. The molecular weight excluding hydrogens is 222 g/mol. The molecule has 0 unspecified atom stereocenters. The van der Waals surface area contributed by atoms with Gasteiger partial charge in [-0.15, -0.1) is 0 Å². The van der Waals surface area contributed by atoms with Gasteiger partial charge in [0, 0.05) is 28.1 Å². The summed E-state index contributed by atoms with van der Waals surface area (Å²) in [4.78, 5) is 4.56. The Bertz CT molecular complexity index is 412. The SMILES string of the molecule is CCCc1ccc2ccccc2n1.[Cu]. The molecule has 1 aromatic carbocycles. The van der Waals surface area contributed by atoms with Crippen LogP contribution in [0.4, 0.5) is 0 Å². The summed E-state index contributed by atoms with van der Waals surface area (Å²) < 4.78 is 0. The van der Waals surface area contributed by atoms with Crippen LogP contribution in [0.1, 0.15) is 19.0 Å². The number of benzene rings is 1. The molecule has 0 aliphatic heterocycles. The molecule has 0 spiro atoms. The van der Waals surface area contributed by atoms with Crippen LogP contribution < -0.4 is 0 Å². The van der Waals surface area contributed by atoms with E-state index in [0.29, 0.717) is 0 Å². The van der Waals surface area contributed by atoms with Crippen LogP contribution in [0.3, 0.4) is 0 Å². The van der Waals surface area contributed by atoms with E-state index in [9.17, 15) is 0 Å². The van der Waals surface area contributed by atoms with Crippen LogP contribution in [0.2, 0.25) is 0 Å². The fourth-order valence-electron chi connectivity index (χ4n) is 1.50. The molecule has 0 N–H and O–H groups in total. The Hall–Kier alpha value is -0.851. The van der Waals surface area contributed by atoms with E-state index in [0.717, 1.165) is 18.4 Å². The first-order chi connectivity index (χ1) is 6.40. The van der Waals surface area contributed by atoms with Crippen molar-refractivity contribution in [3.8, 4) is 0 Å². The summed E-state index contributed by atoms with van der Waals surface area (Å²) in [6, 6.07) is 12.5. The van der Waals surface area contributed by atoms with Crippen LogP contribution in [-0.2, 0) is 23.5 Å². The summed E-state index contributed by atoms with van der Waals surface area (Å²) >= 11 is 0. The first-order valence-corrected chi connectivity index (χ1v) is 4.75. The number of rotatable bonds is 2. The van der Waals surface area contributed by atoms with Crippen molar-refractivity contribution in [1.29, 1.82) is 0 Å². The largest absolute Gasteiger partial charge is 0.253 e. The maximum Gasteiger partial charge on any atom is 0.0705 e. The molecule has 1 heterocycles. The second kappa shape index (κ2) is 5.14. The second-order valence-corrected chi connectivity index (χ2v) is 3.25. The van der Waals surface area contributed by atoms with Crippen molar-refractivity contribution in [1.82, 2.24) is 4.98 Å². The molecule has 0 saturated carbocycles. The van der Waals surface area contributed by atoms with Crippen molar-refractivity contribution in [3.63, 3.8) is 0 Å². The Morgan fingerprint density at radius 3 is 2.64 bits per heavy atom. The molecule has 0 aliphatic rings. The van der Waals surface area contributed by atoms with Gasteiger partial charge in [-0.2, -0.15) is 0 Å². The van der Waals surface area contributed by atoms with E-state index < -0.39 is 0 Å². The molecule has 0 amide bonds. The third-order valence-corrected chi connectivity index (χ3v) is 2.16. The van der Waals surface area contributed by atoms with Crippen molar-refractivity contribution < 1.29 is 17.1 Å². The van der Waals surface area contributed by atoms with Gasteiger partial charge < -0.3 is 0 Å². The number of hydrogen-bond acceptors (Lipinski definition) is 1.